The van der Waals surface area contributed by atoms with Crippen LogP contribution in [0.1, 0.15) is 61.6 Å². The average molecular weight is 773 g/mol. The van der Waals surface area contributed by atoms with Crippen LogP contribution in [0.5, 0.6) is 11.5 Å². The van der Waals surface area contributed by atoms with Gasteiger partial charge in [-0.25, -0.2) is 4.68 Å². The lowest BCUT2D eigenvalue weighted by Crippen LogP contribution is -2.31. The molecule has 0 aliphatic carbocycles. The van der Waals surface area contributed by atoms with Crippen molar-refractivity contribution >= 4 is 56.8 Å². The molecule has 0 fully saturated rings. The first kappa shape index (κ1) is 35.6. The van der Waals surface area contributed by atoms with Crippen LogP contribution >= 0.6 is 39.3 Å². The number of nitrogens with one attached hydrogen (secondary N) is 2. The zero-order valence-corrected chi connectivity index (χ0v) is 32.0. The standard InChI is InChI=1S/C39H39BrClN5O3S/c1-23-10-9-12-29(18-23)43-36(47)33-24(2)42-37-44-38(50-22-26-11-7-8-13-31(26)41)45-46(37)34(33)27-19-30(40)35(32(20-27)48-6)49-21-25-14-16-28(17-15-25)39(3,4)5/h7-20,34H,21-22H2,1-6H3,(H,43,47)(H,42,44,45). The van der Waals surface area contributed by atoms with Crippen LogP contribution in [0.2, 0.25) is 5.02 Å². The molecule has 1 atom stereocenters. The fraction of sp³-hybridized carbons (Fsp3) is 0.256. The molecule has 1 aliphatic rings. The van der Waals surface area contributed by atoms with Gasteiger partial charge in [-0.3, -0.25) is 4.79 Å². The summed E-state index contributed by atoms with van der Waals surface area (Å²) in [6, 6.07) is 27.1. The molecule has 1 unspecified atom stereocenters. The van der Waals surface area contributed by atoms with Gasteiger partial charge in [-0.1, -0.05) is 98.7 Å². The van der Waals surface area contributed by atoms with E-state index in [9.17, 15) is 4.79 Å². The van der Waals surface area contributed by atoms with Crippen molar-refractivity contribution in [1.82, 2.24) is 14.8 Å². The Labute approximate surface area is 310 Å². The number of ether oxygens (including phenoxy) is 2. The summed E-state index contributed by atoms with van der Waals surface area (Å²) in [6.07, 6.45) is 0. The highest BCUT2D eigenvalue weighted by molar-refractivity contribution is 9.10. The molecule has 1 aliphatic heterocycles. The Bertz CT molecular complexity index is 2070. The van der Waals surface area contributed by atoms with Gasteiger partial charge in [-0.2, -0.15) is 4.98 Å². The first-order valence-corrected chi connectivity index (χ1v) is 18.3. The maximum atomic E-state index is 14.1. The van der Waals surface area contributed by atoms with Crippen molar-refractivity contribution in [2.24, 2.45) is 0 Å². The van der Waals surface area contributed by atoms with E-state index in [4.69, 9.17) is 31.2 Å². The summed E-state index contributed by atoms with van der Waals surface area (Å²) >= 11 is 11.7. The molecule has 0 spiro atoms. The molecule has 0 saturated heterocycles. The summed E-state index contributed by atoms with van der Waals surface area (Å²) in [5, 5.41) is 12.6. The van der Waals surface area contributed by atoms with E-state index in [2.05, 4.69) is 71.6 Å². The maximum absolute atomic E-state index is 14.1. The van der Waals surface area contributed by atoms with Crippen molar-refractivity contribution in [3.05, 3.63) is 134 Å². The smallest absolute Gasteiger partial charge is 0.255 e. The number of allylic oxidation sites excluding steroid dienone is 1. The lowest BCUT2D eigenvalue weighted by Gasteiger charge is -2.29. The second kappa shape index (κ2) is 14.9. The molecular formula is C39H39BrClN5O3S. The number of hydrogen-bond donors (Lipinski definition) is 2. The molecule has 50 heavy (non-hydrogen) atoms. The number of methoxy groups -OCH3 is 1. The Kier molecular flexibility index (Phi) is 10.6. The number of halogens is 2. The number of carbonyl (C=O) groups is 1. The van der Waals surface area contributed by atoms with E-state index in [1.54, 1.807) is 11.8 Å². The lowest BCUT2D eigenvalue weighted by atomic mass is 9.87. The van der Waals surface area contributed by atoms with Gasteiger partial charge in [0.2, 0.25) is 11.1 Å². The normalized spacial score (nSPS) is 14.2. The average Bonchev–Trinajstić information content (AvgIpc) is 3.48. The molecule has 6 rings (SSSR count). The van der Waals surface area contributed by atoms with Crippen LogP contribution in [0.25, 0.3) is 0 Å². The highest BCUT2D eigenvalue weighted by atomic mass is 79.9. The van der Waals surface area contributed by atoms with Crippen LogP contribution in [0.15, 0.2) is 106 Å². The summed E-state index contributed by atoms with van der Waals surface area (Å²) in [5.74, 6) is 1.93. The monoisotopic (exact) mass is 771 g/mol. The van der Waals surface area contributed by atoms with Crippen LogP contribution in [0.3, 0.4) is 0 Å². The number of rotatable bonds is 10. The van der Waals surface area contributed by atoms with E-state index in [0.29, 0.717) is 61.4 Å². The fourth-order valence-electron chi connectivity index (χ4n) is 5.77. The van der Waals surface area contributed by atoms with Gasteiger partial charge in [0.1, 0.15) is 12.6 Å². The van der Waals surface area contributed by atoms with E-state index in [0.717, 1.165) is 22.3 Å². The highest BCUT2D eigenvalue weighted by Gasteiger charge is 2.35. The molecule has 1 aromatic heterocycles. The largest absolute Gasteiger partial charge is 0.493 e. The summed E-state index contributed by atoms with van der Waals surface area (Å²) in [6.45, 7) is 10.8. The molecular weight excluding hydrogens is 734 g/mol. The van der Waals surface area contributed by atoms with Crippen molar-refractivity contribution in [3.8, 4) is 11.5 Å². The van der Waals surface area contributed by atoms with E-state index < -0.39 is 6.04 Å². The molecule has 0 radical (unpaired) electrons. The number of anilines is 2. The van der Waals surface area contributed by atoms with Gasteiger partial charge in [0, 0.05) is 22.2 Å². The molecule has 11 heteroatoms. The van der Waals surface area contributed by atoms with Crippen molar-refractivity contribution in [2.45, 2.75) is 63.6 Å². The number of amides is 1. The van der Waals surface area contributed by atoms with Crippen molar-refractivity contribution in [2.75, 3.05) is 17.7 Å². The third kappa shape index (κ3) is 7.88. The van der Waals surface area contributed by atoms with Crippen LogP contribution in [0, 0.1) is 6.92 Å². The third-order valence-corrected chi connectivity index (χ3v) is 10.3. The minimum atomic E-state index is -0.637. The van der Waals surface area contributed by atoms with Crippen LogP contribution in [-0.2, 0) is 22.6 Å². The molecule has 5 aromatic rings. The van der Waals surface area contributed by atoms with Crippen LogP contribution < -0.4 is 20.1 Å². The molecule has 2 heterocycles. The van der Waals surface area contributed by atoms with Crippen molar-refractivity contribution in [1.29, 1.82) is 0 Å². The second-order valence-corrected chi connectivity index (χ2v) is 15.4. The highest BCUT2D eigenvalue weighted by Crippen LogP contribution is 2.44. The molecule has 2 N–H and O–H groups in total. The molecule has 1 amide bonds. The Morgan fingerprint density at radius 2 is 1.80 bits per heavy atom. The molecule has 0 saturated carbocycles. The Morgan fingerprint density at radius 3 is 2.50 bits per heavy atom. The van der Waals surface area contributed by atoms with Crippen molar-refractivity contribution in [3.63, 3.8) is 0 Å². The number of aryl methyl sites for hydroxylation is 1. The summed E-state index contributed by atoms with van der Waals surface area (Å²) in [7, 11) is 1.61. The number of hydrogen-bond acceptors (Lipinski definition) is 7. The maximum Gasteiger partial charge on any atom is 0.255 e. The van der Waals surface area contributed by atoms with E-state index in [1.807, 2.05) is 74.5 Å². The SMILES string of the molecule is COc1cc(C2C(C(=O)Nc3cccc(C)c3)=C(C)Nc3nc(SCc4ccccc4Cl)nn32)cc(Br)c1OCc1ccc(C(C)(C)C)cc1. The number of aromatic nitrogens is 3. The molecule has 258 valence electrons. The zero-order valence-electron chi connectivity index (χ0n) is 28.8. The van der Waals surface area contributed by atoms with Gasteiger partial charge in [-0.15, -0.1) is 5.10 Å². The molecule has 4 aromatic carbocycles. The predicted molar refractivity (Wildman–Crippen MR) is 205 cm³/mol. The topological polar surface area (TPSA) is 90.3 Å². The van der Waals surface area contributed by atoms with Gasteiger partial charge >= 0.3 is 0 Å². The fourth-order valence-corrected chi connectivity index (χ4v) is 7.46. The Hall–Kier alpha value is -4.25. The minimum absolute atomic E-state index is 0.0672. The van der Waals surface area contributed by atoms with E-state index in [-0.39, 0.29) is 11.3 Å². The van der Waals surface area contributed by atoms with Crippen LogP contribution in [0.4, 0.5) is 11.6 Å². The Balaban J connectivity index is 1.35. The van der Waals surface area contributed by atoms with Crippen LogP contribution in [-0.4, -0.2) is 27.8 Å². The van der Waals surface area contributed by atoms with Gasteiger partial charge in [0.05, 0.1) is 17.2 Å². The summed E-state index contributed by atoms with van der Waals surface area (Å²) < 4.78 is 14.7. The lowest BCUT2D eigenvalue weighted by molar-refractivity contribution is -0.113. The first-order valence-electron chi connectivity index (χ1n) is 16.2. The van der Waals surface area contributed by atoms with Gasteiger partial charge in [0.25, 0.3) is 5.91 Å². The number of carbonyl (C=O) groups excluding carboxylic acids is 1. The Morgan fingerprint density at radius 1 is 1.04 bits per heavy atom. The number of fused-ring (bicyclic) bond motifs is 1. The first-order chi connectivity index (χ1) is 23.9. The predicted octanol–water partition coefficient (Wildman–Crippen LogP) is 10.1. The second-order valence-electron chi connectivity index (χ2n) is 13.2. The van der Waals surface area contributed by atoms with Crippen molar-refractivity contribution < 1.29 is 14.3 Å². The minimum Gasteiger partial charge on any atom is -0.493 e. The summed E-state index contributed by atoms with van der Waals surface area (Å²) in [5.41, 5.74) is 7.01. The third-order valence-electron chi connectivity index (χ3n) is 8.44. The number of nitrogens with zero attached hydrogens (tertiary/aromatic N) is 3. The molecule has 8 nitrogen and oxygen atoms in total. The summed E-state index contributed by atoms with van der Waals surface area (Å²) in [4.78, 5) is 18.9. The van der Waals surface area contributed by atoms with E-state index in [1.165, 1.54) is 17.3 Å². The quantitative estimate of drug-likeness (QED) is 0.137. The number of thioether (sulfide) groups is 1. The van der Waals surface area contributed by atoms with Gasteiger partial charge in [-0.05, 0) is 93.3 Å². The van der Waals surface area contributed by atoms with E-state index >= 15 is 0 Å². The van der Waals surface area contributed by atoms with Gasteiger partial charge in [0.15, 0.2) is 11.5 Å². The van der Waals surface area contributed by atoms with Gasteiger partial charge < -0.3 is 20.1 Å². The number of benzene rings is 4. The molecule has 0 bridgehead atoms. The zero-order chi connectivity index (χ0) is 35.6.